The summed E-state index contributed by atoms with van der Waals surface area (Å²) in [5, 5.41) is 9.98. The van der Waals surface area contributed by atoms with Crippen LogP contribution in [0.5, 0.6) is 0 Å². The van der Waals surface area contributed by atoms with E-state index in [1.54, 1.807) is 48.5 Å². The molecule has 3 aromatic rings. The minimum atomic E-state index is -1.70. The Morgan fingerprint density at radius 3 is 2.68 bits per heavy atom. The fraction of sp³-hybridized carbons (Fsp3) is 0.174. The maximum absolute atomic E-state index is 13.9. The van der Waals surface area contributed by atoms with E-state index in [0.717, 1.165) is 0 Å². The molecule has 7 nitrogen and oxygen atoms in total. The van der Waals surface area contributed by atoms with Gasteiger partial charge >= 0.3 is 0 Å². The van der Waals surface area contributed by atoms with E-state index >= 15 is 0 Å². The van der Waals surface area contributed by atoms with Crippen LogP contribution in [0.1, 0.15) is 21.7 Å². The van der Waals surface area contributed by atoms with Gasteiger partial charge in [0.25, 0.3) is 11.8 Å². The maximum atomic E-state index is 13.9. The minimum absolute atomic E-state index is 0.0134. The molecule has 5 rings (SSSR count). The van der Waals surface area contributed by atoms with Crippen LogP contribution in [0.4, 0.5) is 5.69 Å². The van der Waals surface area contributed by atoms with Crippen molar-refractivity contribution in [3.05, 3.63) is 86.7 Å². The van der Waals surface area contributed by atoms with E-state index in [9.17, 15) is 19.5 Å². The normalized spacial score (nSPS) is 19.4. The first-order chi connectivity index (χ1) is 15.0. The highest BCUT2D eigenvalue weighted by molar-refractivity contribution is 9.10. The van der Waals surface area contributed by atoms with Crippen molar-refractivity contribution in [2.24, 2.45) is 0 Å². The Bertz CT molecular complexity index is 1350. The number of β-amino-alcohol motifs (C(OH)–C–C–N with tert-alkyl or cyclic N) is 1. The van der Waals surface area contributed by atoms with Crippen LogP contribution in [0.2, 0.25) is 0 Å². The average molecular weight is 481 g/mol. The van der Waals surface area contributed by atoms with Gasteiger partial charge in [-0.1, -0.05) is 40.2 Å². The van der Waals surface area contributed by atoms with Crippen LogP contribution in [0.3, 0.4) is 0 Å². The van der Waals surface area contributed by atoms with E-state index in [2.05, 4.69) is 22.5 Å². The predicted molar refractivity (Wildman–Crippen MR) is 118 cm³/mol. The summed E-state index contributed by atoms with van der Waals surface area (Å²) in [6, 6.07) is 12.0. The molecule has 2 aromatic carbocycles. The van der Waals surface area contributed by atoms with Crippen LogP contribution in [0.25, 0.3) is 11.0 Å². The number of carbonyl (C=O) groups excluding carboxylic acids is 2. The largest absolute Gasteiger partial charge is 0.450 e. The van der Waals surface area contributed by atoms with Gasteiger partial charge in [-0.05, 0) is 24.3 Å². The van der Waals surface area contributed by atoms with Crippen LogP contribution in [0, 0.1) is 0 Å². The average Bonchev–Trinajstić information content (AvgIpc) is 3.15. The van der Waals surface area contributed by atoms with Gasteiger partial charge in [-0.25, -0.2) is 0 Å². The lowest BCUT2D eigenvalue weighted by Crippen LogP contribution is -2.54. The van der Waals surface area contributed by atoms with Crippen molar-refractivity contribution in [3.8, 4) is 0 Å². The van der Waals surface area contributed by atoms with Gasteiger partial charge in [-0.3, -0.25) is 14.4 Å². The van der Waals surface area contributed by atoms with Crippen LogP contribution in [-0.4, -0.2) is 41.5 Å². The van der Waals surface area contributed by atoms with Crippen LogP contribution >= 0.6 is 15.9 Å². The molecule has 1 unspecified atom stereocenters. The van der Waals surface area contributed by atoms with Crippen molar-refractivity contribution in [1.82, 2.24) is 4.90 Å². The number of benzene rings is 2. The second kappa shape index (κ2) is 6.90. The van der Waals surface area contributed by atoms with Crippen molar-refractivity contribution < 1.29 is 19.1 Å². The molecule has 2 aliphatic rings. The summed E-state index contributed by atoms with van der Waals surface area (Å²) in [7, 11) is 0. The standard InChI is InChI=1S/C23H17BrN2O5/c1-2-9-25-16-6-4-3-5-15(16)23(22(25)30)18-19(28)14-12-13(24)7-8-17(14)31-20(18)21(29)26(23)10-11-27/h2-8,12,27H,1,9-11H2. The smallest absolute Gasteiger partial charge is 0.291 e. The predicted octanol–water partition coefficient (Wildman–Crippen LogP) is 2.78. The zero-order chi connectivity index (χ0) is 21.9. The molecule has 0 saturated heterocycles. The number of aliphatic hydroxyl groups is 1. The van der Waals surface area contributed by atoms with Gasteiger partial charge in [-0.15, -0.1) is 6.58 Å². The van der Waals surface area contributed by atoms with E-state index < -0.39 is 22.8 Å². The van der Waals surface area contributed by atoms with Crippen molar-refractivity contribution in [2.45, 2.75) is 5.54 Å². The number of amides is 2. The second-order valence-electron chi connectivity index (χ2n) is 7.39. The zero-order valence-corrected chi connectivity index (χ0v) is 17.9. The molecule has 2 aliphatic heterocycles. The lowest BCUT2D eigenvalue weighted by Gasteiger charge is -2.33. The number of para-hydroxylation sites is 1. The Morgan fingerprint density at radius 2 is 1.94 bits per heavy atom. The van der Waals surface area contributed by atoms with E-state index in [4.69, 9.17) is 4.42 Å². The molecule has 0 radical (unpaired) electrons. The molecule has 1 aromatic heterocycles. The third kappa shape index (κ3) is 2.40. The van der Waals surface area contributed by atoms with Crippen molar-refractivity contribution in [2.75, 3.05) is 24.6 Å². The molecule has 156 valence electrons. The third-order valence-electron chi connectivity index (χ3n) is 5.83. The van der Waals surface area contributed by atoms with E-state index in [1.165, 1.54) is 9.80 Å². The number of hydrogen-bond donors (Lipinski definition) is 1. The lowest BCUT2D eigenvalue weighted by atomic mass is 9.84. The Morgan fingerprint density at radius 1 is 1.16 bits per heavy atom. The summed E-state index contributed by atoms with van der Waals surface area (Å²) in [5.41, 5.74) is -0.821. The highest BCUT2D eigenvalue weighted by Gasteiger charge is 2.64. The van der Waals surface area contributed by atoms with Gasteiger partial charge in [0, 0.05) is 23.1 Å². The molecule has 2 amide bonds. The molecule has 0 fully saturated rings. The highest BCUT2D eigenvalue weighted by Crippen LogP contribution is 2.52. The van der Waals surface area contributed by atoms with Crippen molar-refractivity contribution >= 4 is 44.4 Å². The number of aliphatic hydroxyl groups excluding tert-OH is 1. The molecule has 0 aliphatic carbocycles. The topological polar surface area (TPSA) is 91.1 Å². The number of hydrogen-bond acceptors (Lipinski definition) is 5. The molecule has 1 N–H and O–H groups in total. The van der Waals surface area contributed by atoms with Crippen LogP contribution in [0.15, 0.2) is 68.8 Å². The molecule has 3 heterocycles. The quantitative estimate of drug-likeness (QED) is 0.579. The molecular formula is C23H17BrN2O5. The van der Waals surface area contributed by atoms with Crippen molar-refractivity contribution in [3.63, 3.8) is 0 Å². The summed E-state index contributed by atoms with van der Waals surface area (Å²) in [5.74, 6) is -1.22. The van der Waals surface area contributed by atoms with E-state index in [1.807, 2.05) is 0 Å². The first-order valence-corrected chi connectivity index (χ1v) is 10.5. The van der Waals surface area contributed by atoms with E-state index in [0.29, 0.717) is 15.7 Å². The Labute approximate surface area is 185 Å². The Hall–Kier alpha value is -3.23. The van der Waals surface area contributed by atoms with E-state index in [-0.39, 0.29) is 42.0 Å². The van der Waals surface area contributed by atoms with Gasteiger partial charge < -0.3 is 19.3 Å². The number of nitrogens with zero attached hydrogens (tertiary/aromatic N) is 2. The SMILES string of the molecule is C=CCN1C(=O)C2(c3ccccc31)c1c(oc3ccc(Br)cc3c1=O)C(=O)N2CCO. The minimum Gasteiger partial charge on any atom is -0.450 e. The molecule has 31 heavy (non-hydrogen) atoms. The van der Waals surface area contributed by atoms with Gasteiger partial charge in [0.05, 0.1) is 23.2 Å². The number of anilines is 1. The summed E-state index contributed by atoms with van der Waals surface area (Å²) >= 11 is 3.36. The van der Waals surface area contributed by atoms with Crippen molar-refractivity contribution in [1.29, 1.82) is 0 Å². The Balaban J connectivity index is 1.94. The third-order valence-corrected chi connectivity index (χ3v) is 6.33. The fourth-order valence-electron chi connectivity index (χ4n) is 4.67. The monoisotopic (exact) mass is 480 g/mol. The summed E-state index contributed by atoms with van der Waals surface area (Å²) in [4.78, 5) is 43.8. The molecule has 1 atom stereocenters. The summed E-state index contributed by atoms with van der Waals surface area (Å²) in [6.45, 7) is 3.42. The lowest BCUT2D eigenvalue weighted by molar-refractivity contribution is -0.126. The second-order valence-corrected chi connectivity index (χ2v) is 8.30. The summed E-state index contributed by atoms with van der Waals surface area (Å²) in [6.07, 6.45) is 1.59. The van der Waals surface area contributed by atoms with Gasteiger partial charge in [-0.2, -0.15) is 0 Å². The number of carbonyl (C=O) groups is 2. The van der Waals surface area contributed by atoms with Crippen LogP contribution in [-0.2, 0) is 10.3 Å². The van der Waals surface area contributed by atoms with Gasteiger partial charge in [0.15, 0.2) is 11.0 Å². The molecule has 0 bridgehead atoms. The molecule has 0 saturated carbocycles. The molecule has 8 heteroatoms. The first-order valence-electron chi connectivity index (χ1n) is 9.68. The first kappa shape index (κ1) is 19.7. The summed E-state index contributed by atoms with van der Waals surface area (Å²) < 4.78 is 6.56. The number of halogens is 1. The number of fused-ring (bicyclic) bond motifs is 5. The molecular weight excluding hydrogens is 464 g/mol. The highest BCUT2D eigenvalue weighted by atomic mass is 79.9. The number of rotatable bonds is 4. The Kier molecular flexibility index (Phi) is 4.39. The van der Waals surface area contributed by atoms with Crippen LogP contribution < -0.4 is 10.3 Å². The molecule has 1 spiro atoms. The van der Waals surface area contributed by atoms with Gasteiger partial charge in [0.2, 0.25) is 5.76 Å². The zero-order valence-electron chi connectivity index (χ0n) is 16.3. The fourth-order valence-corrected chi connectivity index (χ4v) is 5.03. The maximum Gasteiger partial charge on any atom is 0.291 e. The van der Waals surface area contributed by atoms with Gasteiger partial charge in [0.1, 0.15) is 5.58 Å².